The Morgan fingerprint density at radius 1 is 0.433 bits per heavy atom. The van der Waals surface area contributed by atoms with Crippen LogP contribution in [0.2, 0.25) is 0 Å². The first-order chi connectivity index (χ1) is 29.1. The van der Waals surface area contributed by atoms with Crippen LogP contribution in [-0.2, 0) is 13.1 Å². The minimum absolute atomic E-state index is 0.0483. The molecule has 10 nitrogen and oxygen atoms in total. The molecule has 2 atom stereocenters. The molecule has 4 aromatic heterocycles. The molecule has 0 radical (unpaired) electrons. The summed E-state index contributed by atoms with van der Waals surface area (Å²) in [4.78, 5) is 60.6. The topological polar surface area (TPSA) is 173 Å². The number of rotatable bonds is 20. The van der Waals surface area contributed by atoms with Gasteiger partial charge < -0.3 is 0 Å². The number of pyridine rings is 2. The summed E-state index contributed by atoms with van der Waals surface area (Å²) in [7, 11) is 0. The lowest BCUT2D eigenvalue weighted by atomic mass is 9.93. The van der Waals surface area contributed by atoms with Gasteiger partial charge in [-0.05, 0) is 37.5 Å². The number of nitriles is 4. The average Bonchev–Trinajstić information content (AvgIpc) is 3.88. The molecule has 0 N–H and O–H groups in total. The van der Waals surface area contributed by atoms with Crippen LogP contribution in [0.1, 0.15) is 130 Å². The van der Waals surface area contributed by atoms with E-state index in [9.17, 15) is 21.0 Å². The molecule has 312 valence electrons. The summed E-state index contributed by atoms with van der Waals surface area (Å²) < 4.78 is 4.89. The molecule has 6 aromatic rings. The number of benzene rings is 2. The van der Waals surface area contributed by atoms with Crippen LogP contribution in [0.15, 0.2) is 19.2 Å². The van der Waals surface area contributed by atoms with E-state index in [1.807, 2.05) is 24.3 Å². The first kappa shape index (κ1) is 44.8. The number of fused-ring (bicyclic) bond motifs is 6. The number of unbranched alkanes of at least 4 members (excludes halogenated alkanes) is 8. The van der Waals surface area contributed by atoms with Crippen LogP contribution in [0.5, 0.6) is 0 Å². The maximum atomic E-state index is 15.1. The molecule has 0 aliphatic heterocycles. The van der Waals surface area contributed by atoms with E-state index in [1.54, 1.807) is 0 Å². The maximum Gasteiger partial charge on any atom is 0.262 e. The minimum atomic E-state index is -0.531. The summed E-state index contributed by atoms with van der Waals surface area (Å²) in [5.74, 6) is 0.0966. The highest BCUT2D eigenvalue weighted by Crippen LogP contribution is 2.44. The summed E-state index contributed by atoms with van der Waals surface area (Å²) in [6.45, 7) is 8.91. The third-order valence-electron chi connectivity index (χ3n) is 11.8. The van der Waals surface area contributed by atoms with Crippen molar-refractivity contribution in [2.75, 3.05) is 0 Å². The predicted octanol–water partition coefficient (Wildman–Crippen LogP) is 10.1. The zero-order valence-corrected chi connectivity index (χ0v) is 38.1. The second-order valence-corrected chi connectivity index (χ2v) is 20.5. The zero-order valence-electron chi connectivity index (χ0n) is 34.8. The van der Waals surface area contributed by atoms with E-state index < -0.39 is 22.2 Å². The van der Waals surface area contributed by atoms with Crippen LogP contribution >= 0.6 is 45.3 Å². The summed E-state index contributed by atoms with van der Waals surface area (Å²) in [5, 5.41) is 41.1. The SMILES string of the molecule is CCCCCCC(CCCC)Cn1c(=O)c2c3sc(=C(C#N)C#N)sc3c3c(=O)n(CC(CCCC)CCCCCC)c(=O)c4c5sc(=C(C#N)C#N)sc5c(c1=O)c2c34. The van der Waals surface area contributed by atoms with Crippen molar-refractivity contribution in [3.05, 3.63) is 49.1 Å². The second kappa shape index (κ2) is 20.2. The molecule has 0 aliphatic rings. The smallest absolute Gasteiger partial charge is 0.262 e. The molecule has 0 bridgehead atoms. The number of hydrogen-bond donors (Lipinski definition) is 0. The van der Waals surface area contributed by atoms with Crippen LogP contribution in [0.3, 0.4) is 0 Å². The molecule has 0 spiro atoms. The second-order valence-electron chi connectivity index (χ2n) is 15.9. The van der Waals surface area contributed by atoms with Crippen LogP contribution in [-0.4, -0.2) is 9.13 Å². The number of hydrogen-bond acceptors (Lipinski definition) is 12. The van der Waals surface area contributed by atoms with Gasteiger partial charge in [-0.2, -0.15) is 21.0 Å². The van der Waals surface area contributed by atoms with Gasteiger partial charge in [0.1, 0.15) is 32.0 Å². The highest BCUT2D eigenvalue weighted by atomic mass is 32.2. The van der Waals surface area contributed by atoms with Crippen molar-refractivity contribution in [2.45, 2.75) is 144 Å². The van der Waals surface area contributed by atoms with Crippen LogP contribution in [0.4, 0.5) is 0 Å². The van der Waals surface area contributed by atoms with Gasteiger partial charge in [0.15, 0.2) is 11.1 Å². The van der Waals surface area contributed by atoms with Gasteiger partial charge in [-0.1, -0.05) is 105 Å². The maximum absolute atomic E-state index is 15.1. The van der Waals surface area contributed by atoms with Crippen molar-refractivity contribution in [3.63, 3.8) is 0 Å². The number of nitrogens with zero attached hydrogens (tertiary/aromatic N) is 6. The van der Waals surface area contributed by atoms with Gasteiger partial charge in [0.05, 0.1) is 40.3 Å². The monoisotopic (exact) mass is 878 g/mol. The first-order valence-electron chi connectivity index (χ1n) is 21.4. The highest BCUT2D eigenvalue weighted by molar-refractivity contribution is 7.38. The Bertz CT molecular complexity index is 2740. The molecule has 2 aromatic carbocycles. The molecule has 6 rings (SSSR count). The van der Waals surface area contributed by atoms with E-state index in [2.05, 4.69) is 27.7 Å². The Morgan fingerprint density at radius 2 is 0.717 bits per heavy atom. The van der Waals surface area contributed by atoms with Crippen molar-refractivity contribution < 1.29 is 0 Å². The fourth-order valence-corrected chi connectivity index (χ4v) is 13.9. The zero-order chi connectivity index (χ0) is 43.1. The van der Waals surface area contributed by atoms with Crippen molar-refractivity contribution >= 4 is 108 Å². The lowest BCUT2D eigenvalue weighted by Crippen LogP contribution is -2.38. The molecule has 0 fully saturated rings. The predicted molar refractivity (Wildman–Crippen MR) is 250 cm³/mol. The van der Waals surface area contributed by atoms with Crippen molar-refractivity contribution in [1.82, 2.24) is 9.13 Å². The highest BCUT2D eigenvalue weighted by Gasteiger charge is 2.31. The Kier molecular flexibility index (Phi) is 15.1. The Balaban J connectivity index is 1.83. The molecule has 2 unspecified atom stereocenters. The molecule has 60 heavy (non-hydrogen) atoms. The summed E-state index contributed by atoms with van der Waals surface area (Å²) >= 11 is 4.35. The normalized spacial score (nSPS) is 12.6. The average molecular weight is 879 g/mol. The quantitative estimate of drug-likeness (QED) is 0.0538. The standard InChI is InChI=1S/C46H50N6O4S4/c1-5-9-13-15-19-27(17-11-7-3)25-51-41(53)33-31-32-35(39-37(33)57-45(59-39)29(21-47)22-48)43(55)52(26-28(18-12-8-4)20-16-14-10-6-2)44(56)36(32)40-38(34(31)42(51)54)58-46(60-40)30(23-49)24-50/h27-28H,5-20,25-26H2,1-4H3. The van der Waals surface area contributed by atoms with Crippen LogP contribution < -0.4 is 29.9 Å². The van der Waals surface area contributed by atoms with Crippen LogP contribution in [0, 0.1) is 57.2 Å². The lowest BCUT2D eigenvalue weighted by Gasteiger charge is -2.21. The summed E-state index contributed by atoms with van der Waals surface area (Å²) in [5.41, 5.74) is -2.43. The van der Waals surface area contributed by atoms with Gasteiger partial charge in [-0.15, -0.1) is 45.3 Å². The van der Waals surface area contributed by atoms with Gasteiger partial charge in [0.25, 0.3) is 22.2 Å². The molecule has 0 amide bonds. The van der Waals surface area contributed by atoms with Gasteiger partial charge >= 0.3 is 0 Å². The van der Waals surface area contributed by atoms with Gasteiger partial charge in [-0.3, -0.25) is 28.3 Å². The largest absolute Gasteiger partial charge is 0.274 e. The van der Waals surface area contributed by atoms with E-state index >= 15 is 19.2 Å². The molecular formula is C46H50N6O4S4. The van der Waals surface area contributed by atoms with E-state index in [0.29, 0.717) is 26.5 Å². The van der Waals surface area contributed by atoms with Crippen molar-refractivity contribution in [2.24, 2.45) is 11.8 Å². The fraction of sp³-hybridized carbons (Fsp3) is 0.522. The lowest BCUT2D eigenvalue weighted by molar-refractivity contribution is 0.356. The fourth-order valence-electron chi connectivity index (χ4n) is 8.64. The molecule has 14 heteroatoms. The van der Waals surface area contributed by atoms with E-state index in [0.717, 1.165) is 148 Å². The first-order valence-corrected chi connectivity index (χ1v) is 24.7. The summed E-state index contributed by atoms with van der Waals surface area (Å²) in [6.07, 6.45) is 15.6. The van der Waals surface area contributed by atoms with E-state index in [1.165, 1.54) is 9.13 Å². The minimum Gasteiger partial charge on any atom is -0.274 e. The van der Waals surface area contributed by atoms with E-state index in [-0.39, 0.29) is 68.4 Å². The molecule has 0 aliphatic carbocycles. The Morgan fingerprint density at radius 3 is 0.983 bits per heavy atom. The van der Waals surface area contributed by atoms with Gasteiger partial charge in [-0.25, -0.2) is 0 Å². The van der Waals surface area contributed by atoms with Crippen molar-refractivity contribution in [1.29, 1.82) is 21.0 Å². The molecule has 0 saturated carbocycles. The van der Waals surface area contributed by atoms with Crippen molar-refractivity contribution in [3.8, 4) is 24.3 Å². The van der Waals surface area contributed by atoms with Gasteiger partial charge in [0.2, 0.25) is 0 Å². The van der Waals surface area contributed by atoms with Gasteiger partial charge in [0, 0.05) is 23.9 Å². The summed E-state index contributed by atoms with van der Waals surface area (Å²) in [6, 6.07) is 7.90. The molecular weight excluding hydrogens is 829 g/mol. The van der Waals surface area contributed by atoms with Crippen LogP contribution in [0.25, 0.3) is 62.3 Å². The Labute approximate surface area is 364 Å². The third-order valence-corrected chi connectivity index (χ3v) is 17.1. The Hall–Kier alpha value is -4.70. The molecule has 4 heterocycles. The molecule has 0 saturated heterocycles. The third kappa shape index (κ3) is 8.46. The number of aromatic nitrogens is 2. The van der Waals surface area contributed by atoms with E-state index in [4.69, 9.17) is 0 Å².